The molecule has 2 aromatic rings. The van der Waals surface area contributed by atoms with Gasteiger partial charge in [-0.1, -0.05) is 0 Å². The van der Waals surface area contributed by atoms with Crippen molar-refractivity contribution in [1.29, 1.82) is 0 Å². The Labute approximate surface area is 110 Å². The SMILES string of the molecule is Cn1nc(C(=O)NCc2ccco2)c2c1CCNC2. The number of furan rings is 1. The van der Waals surface area contributed by atoms with E-state index in [2.05, 4.69) is 15.7 Å². The van der Waals surface area contributed by atoms with Gasteiger partial charge in [-0.2, -0.15) is 5.10 Å². The number of rotatable bonds is 3. The molecule has 6 heteroatoms. The molecule has 0 bridgehead atoms. The maximum Gasteiger partial charge on any atom is 0.272 e. The summed E-state index contributed by atoms with van der Waals surface area (Å²) in [5.41, 5.74) is 2.66. The maximum absolute atomic E-state index is 12.2. The highest BCUT2D eigenvalue weighted by atomic mass is 16.3. The van der Waals surface area contributed by atoms with E-state index in [4.69, 9.17) is 4.42 Å². The molecule has 0 saturated carbocycles. The van der Waals surface area contributed by atoms with E-state index in [0.29, 0.717) is 18.8 Å². The standard InChI is InChI=1S/C13H16N4O2/c1-17-11-4-5-14-8-10(11)12(16-17)13(18)15-7-9-3-2-6-19-9/h2-3,6,14H,4-5,7-8H2,1H3,(H,15,18). The van der Waals surface area contributed by atoms with Gasteiger partial charge < -0.3 is 15.1 Å². The van der Waals surface area contributed by atoms with Gasteiger partial charge in [-0.15, -0.1) is 0 Å². The monoisotopic (exact) mass is 260 g/mol. The fourth-order valence-corrected chi connectivity index (χ4v) is 2.37. The van der Waals surface area contributed by atoms with Gasteiger partial charge in [-0.3, -0.25) is 9.48 Å². The van der Waals surface area contributed by atoms with E-state index in [1.165, 1.54) is 0 Å². The third kappa shape index (κ3) is 2.26. The first-order valence-corrected chi connectivity index (χ1v) is 6.32. The fourth-order valence-electron chi connectivity index (χ4n) is 2.37. The minimum absolute atomic E-state index is 0.156. The Morgan fingerprint density at radius 2 is 2.53 bits per heavy atom. The Kier molecular flexibility index (Phi) is 3.08. The van der Waals surface area contributed by atoms with Crippen molar-refractivity contribution in [3.05, 3.63) is 41.1 Å². The van der Waals surface area contributed by atoms with Crippen molar-refractivity contribution >= 4 is 5.91 Å². The lowest BCUT2D eigenvalue weighted by molar-refractivity contribution is 0.0941. The normalized spacial score (nSPS) is 14.2. The number of carbonyl (C=O) groups excluding carboxylic acids is 1. The van der Waals surface area contributed by atoms with Gasteiger partial charge in [0.2, 0.25) is 0 Å². The van der Waals surface area contributed by atoms with Gasteiger partial charge in [-0.25, -0.2) is 0 Å². The van der Waals surface area contributed by atoms with Crippen molar-refractivity contribution in [1.82, 2.24) is 20.4 Å². The van der Waals surface area contributed by atoms with E-state index in [0.717, 1.165) is 30.0 Å². The molecule has 0 radical (unpaired) electrons. The van der Waals surface area contributed by atoms with Crippen molar-refractivity contribution in [2.24, 2.45) is 7.05 Å². The lowest BCUT2D eigenvalue weighted by atomic mass is 10.1. The minimum atomic E-state index is -0.156. The maximum atomic E-state index is 12.2. The van der Waals surface area contributed by atoms with E-state index in [1.807, 2.05) is 13.1 Å². The van der Waals surface area contributed by atoms with Gasteiger partial charge in [0.1, 0.15) is 5.76 Å². The molecule has 2 N–H and O–H groups in total. The molecular weight excluding hydrogens is 244 g/mol. The van der Waals surface area contributed by atoms with Gasteiger partial charge in [0.25, 0.3) is 5.91 Å². The highest BCUT2D eigenvalue weighted by molar-refractivity contribution is 5.94. The van der Waals surface area contributed by atoms with E-state index in [9.17, 15) is 4.79 Å². The molecule has 1 amide bonds. The lowest BCUT2D eigenvalue weighted by Crippen LogP contribution is -2.28. The molecule has 19 heavy (non-hydrogen) atoms. The molecule has 0 aliphatic carbocycles. The Balaban J connectivity index is 1.76. The number of carbonyl (C=O) groups is 1. The molecule has 100 valence electrons. The summed E-state index contributed by atoms with van der Waals surface area (Å²) in [5, 5.41) is 10.4. The predicted octanol–water partition coefficient (Wildman–Crippen LogP) is 0.589. The number of nitrogens with one attached hydrogen (secondary N) is 2. The number of nitrogens with zero attached hydrogens (tertiary/aromatic N) is 2. The summed E-state index contributed by atoms with van der Waals surface area (Å²) in [6.45, 7) is 2.01. The third-order valence-electron chi connectivity index (χ3n) is 3.33. The van der Waals surface area contributed by atoms with Crippen LogP contribution in [0.1, 0.15) is 27.5 Å². The molecule has 0 saturated heterocycles. The summed E-state index contributed by atoms with van der Waals surface area (Å²) < 4.78 is 6.99. The summed E-state index contributed by atoms with van der Waals surface area (Å²) in [4.78, 5) is 12.2. The number of aromatic nitrogens is 2. The molecule has 0 aromatic carbocycles. The molecule has 0 fully saturated rings. The summed E-state index contributed by atoms with van der Waals surface area (Å²) in [7, 11) is 1.88. The lowest BCUT2D eigenvalue weighted by Gasteiger charge is -2.14. The summed E-state index contributed by atoms with van der Waals surface area (Å²) in [6.07, 6.45) is 2.50. The van der Waals surface area contributed by atoms with Gasteiger partial charge in [0.05, 0.1) is 12.8 Å². The van der Waals surface area contributed by atoms with Crippen LogP contribution in [0.25, 0.3) is 0 Å². The summed E-state index contributed by atoms with van der Waals surface area (Å²) in [6, 6.07) is 3.63. The molecule has 1 aliphatic rings. The van der Waals surface area contributed by atoms with Crippen LogP contribution in [0.5, 0.6) is 0 Å². The van der Waals surface area contributed by atoms with Crippen LogP contribution in [0.15, 0.2) is 22.8 Å². The Morgan fingerprint density at radius 1 is 1.63 bits per heavy atom. The van der Waals surface area contributed by atoms with Crippen LogP contribution in [0, 0.1) is 0 Å². The summed E-state index contributed by atoms with van der Waals surface area (Å²) in [5.74, 6) is 0.577. The quantitative estimate of drug-likeness (QED) is 0.847. The van der Waals surface area contributed by atoms with Crippen molar-refractivity contribution < 1.29 is 9.21 Å². The molecule has 2 aromatic heterocycles. The van der Waals surface area contributed by atoms with Crippen molar-refractivity contribution in [2.75, 3.05) is 6.54 Å². The van der Waals surface area contributed by atoms with E-state index in [1.54, 1.807) is 17.0 Å². The molecule has 6 nitrogen and oxygen atoms in total. The first-order valence-electron chi connectivity index (χ1n) is 6.32. The first-order chi connectivity index (χ1) is 9.25. The Morgan fingerprint density at radius 3 is 3.32 bits per heavy atom. The van der Waals surface area contributed by atoms with E-state index >= 15 is 0 Å². The second-order valence-electron chi connectivity index (χ2n) is 4.59. The highest BCUT2D eigenvalue weighted by Crippen LogP contribution is 2.17. The number of hydrogen-bond acceptors (Lipinski definition) is 4. The van der Waals surface area contributed by atoms with Crippen LogP contribution in [-0.2, 0) is 26.6 Å². The number of amides is 1. The zero-order valence-corrected chi connectivity index (χ0v) is 10.8. The van der Waals surface area contributed by atoms with E-state index < -0.39 is 0 Å². The van der Waals surface area contributed by atoms with Gasteiger partial charge in [0.15, 0.2) is 5.69 Å². The predicted molar refractivity (Wildman–Crippen MR) is 68.5 cm³/mol. The second kappa shape index (κ2) is 4.89. The largest absolute Gasteiger partial charge is 0.467 e. The Bertz CT molecular complexity index is 586. The minimum Gasteiger partial charge on any atom is -0.467 e. The van der Waals surface area contributed by atoms with Crippen LogP contribution >= 0.6 is 0 Å². The smallest absolute Gasteiger partial charge is 0.272 e. The van der Waals surface area contributed by atoms with Gasteiger partial charge in [-0.05, 0) is 12.1 Å². The van der Waals surface area contributed by atoms with Crippen LogP contribution in [0.2, 0.25) is 0 Å². The topological polar surface area (TPSA) is 72.1 Å². The average molecular weight is 260 g/mol. The van der Waals surface area contributed by atoms with Crippen LogP contribution in [0.4, 0.5) is 0 Å². The summed E-state index contributed by atoms with van der Waals surface area (Å²) >= 11 is 0. The molecule has 0 spiro atoms. The van der Waals surface area contributed by atoms with Gasteiger partial charge in [0, 0.05) is 37.8 Å². The third-order valence-corrected chi connectivity index (χ3v) is 3.33. The van der Waals surface area contributed by atoms with E-state index in [-0.39, 0.29) is 5.91 Å². The number of fused-ring (bicyclic) bond motifs is 1. The van der Waals surface area contributed by atoms with Crippen LogP contribution in [-0.4, -0.2) is 22.2 Å². The molecule has 0 atom stereocenters. The first kappa shape index (κ1) is 12.0. The van der Waals surface area contributed by atoms with Crippen LogP contribution in [0.3, 0.4) is 0 Å². The zero-order valence-electron chi connectivity index (χ0n) is 10.8. The molecule has 3 heterocycles. The van der Waals surface area contributed by atoms with Crippen LogP contribution < -0.4 is 10.6 Å². The molecule has 3 rings (SSSR count). The fraction of sp³-hybridized carbons (Fsp3) is 0.385. The van der Waals surface area contributed by atoms with Crippen molar-refractivity contribution in [3.63, 3.8) is 0 Å². The highest BCUT2D eigenvalue weighted by Gasteiger charge is 2.23. The van der Waals surface area contributed by atoms with Gasteiger partial charge >= 0.3 is 0 Å². The number of hydrogen-bond donors (Lipinski definition) is 2. The molecule has 0 unspecified atom stereocenters. The van der Waals surface area contributed by atoms with Crippen molar-refractivity contribution in [3.8, 4) is 0 Å². The van der Waals surface area contributed by atoms with Crippen molar-refractivity contribution in [2.45, 2.75) is 19.5 Å². The number of aryl methyl sites for hydroxylation is 1. The molecule has 1 aliphatic heterocycles. The second-order valence-corrected chi connectivity index (χ2v) is 4.59. The average Bonchev–Trinajstić information content (AvgIpc) is 3.05. The zero-order chi connectivity index (χ0) is 13.2. The molecular formula is C13H16N4O2. The Hall–Kier alpha value is -2.08.